The lowest BCUT2D eigenvalue weighted by atomic mass is 10.0. The number of hydrogen-bond donors (Lipinski definition) is 0. The van der Waals surface area contributed by atoms with Gasteiger partial charge in [0.25, 0.3) is 0 Å². The smallest absolute Gasteiger partial charge is 0.166 e. The van der Waals surface area contributed by atoms with E-state index in [-0.39, 0.29) is 5.92 Å². The van der Waals surface area contributed by atoms with Crippen LogP contribution < -0.4 is 0 Å². The second-order valence-corrected chi connectivity index (χ2v) is 3.77. The molecule has 1 aliphatic rings. The van der Waals surface area contributed by atoms with Gasteiger partial charge in [0.1, 0.15) is 0 Å². The average molecular weight is 174 g/mol. The Morgan fingerprint density at radius 1 is 1.46 bits per heavy atom. The predicted octanol–water partition coefficient (Wildman–Crippen LogP) is 2.62. The van der Waals surface area contributed by atoms with Crippen LogP contribution in [0, 0.1) is 5.92 Å². The summed E-state index contributed by atoms with van der Waals surface area (Å²) in [6.45, 7) is 4.12. The van der Waals surface area contributed by atoms with Crippen molar-refractivity contribution in [3.8, 4) is 0 Å². The van der Waals surface area contributed by atoms with Gasteiger partial charge in [-0.25, -0.2) is 0 Å². The highest BCUT2D eigenvalue weighted by molar-refractivity contribution is 6.03. The topological polar surface area (TPSA) is 17.1 Å². The molecule has 0 heterocycles. The van der Waals surface area contributed by atoms with E-state index >= 15 is 0 Å². The highest BCUT2D eigenvalue weighted by atomic mass is 16.1. The summed E-state index contributed by atoms with van der Waals surface area (Å²) in [5.74, 6) is 0.537. The first kappa shape index (κ1) is 8.49. The van der Waals surface area contributed by atoms with Crippen LogP contribution in [0.4, 0.5) is 0 Å². The number of aryl methyl sites for hydroxylation is 1. The number of carbonyl (C=O) groups is 1. The Hall–Kier alpha value is -1.11. The van der Waals surface area contributed by atoms with Crippen LogP contribution in [0.15, 0.2) is 18.2 Å². The molecule has 1 heteroatoms. The summed E-state index contributed by atoms with van der Waals surface area (Å²) in [6, 6.07) is 6.20. The maximum Gasteiger partial charge on any atom is 0.166 e. The van der Waals surface area contributed by atoms with Gasteiger partial charge in [-0.2, -0.15) is 0 Å². The molecule has 0 amide bonds. The molecule has 2 rings (SSSR count). The maximum atomic E-state index is 11.8. The predicted molar refractivity (Wildman–Crippen MR) is 53.0 cm³/mol. The number of benzene rings is 1. The molecule has 0 bridgehead atoms. The first-order chi connectivity index (χ1) is 6.24. The third kappa shape index (κ3) is 1.19. The van der Waals surface area contributed by atoms with Crippen LogP contribution in [0.2, 0.25) is 0 Å². The third-order valence-corrected chi connectivity index (χ3v) is 2.84. The number of fused-ring (bicyclic) bond motifs is 1. The molecule has 0 fully saturated rings. The van der Waals surface area contributed by atoms with Crippen molar-refractivity contribution in [1.29, 1.82) is 0 Å². The molecule has 0 spiro atoms. The van der Waals surface area contributed by atoms with Gasteiger partial charge in [0.2, 0.25) is 0 Å². The van der Waals surface area contributed by atoms with Crippen molar-refractivity contribution >= 4 is 5.78 Å². The van der Waals surface area contributed by atoms with Gasteiger partial charge in [-0.15, -0.1) is 0 Å². The number of rotatable bonds is 1. The Morgan fingerprint density at radius 2 is 2.23 bits per heavy atom. The molecule has 1 aliphatic carbocycles. The Balaban J connectivity index is 2.58. The van der Waals surface area contributed by atoms with Crippen molar-refractivity contribution in [2.24, 2.45) is 5.92 Å². The van der Waals surface area contributed by atoms with E-state index in [4.69, 9.17) is 0 Å². The zero-order chi connectivity index (χ0) is 9.42. The fourth-order valence-electron chi connectivity index (χ4n) is 2.10. The summed E-state index contributed by atoms with van der Waals surface area (Å²) in [7, 11) is 0. The van der Waals surface area contributed by atoms with Gasteiger partial charge in [0.15, 0.2) is 5.78 Å². The molecule has 1 atom stereocenters. The van der Waals surface area contributed by atoms with E-state index in [9.17, 15) is 4.79 Å². The van der Waals surface area contributed by atoms with Crippen molar-refractivity contribution < 1.29 is 4.79 Å². The molecular formula is C12H14O. The molecule has 0 N–H and O–H groups in total. The van der Waals surface area contributed by atoms with Crippen molar-refractivity contribution in [2.45, 2.75) is 26.7 Å². The van der Waals surface area contributed by atoms with Crippen molar-refractivity contribution in [1.82, 2.24) is 0 Å². The van der Waals surface area contributed by atoms with Gasteiger partial charge in [0.05, 0.1) is 0 Å². The summed E-state index contributed by atoms with van der Waals surface area (Å²) in [4.78, 5) is 11.8. The number of Topliss-reactive ketones (excluding diaryl/α,β-unsaturated/α-hetero) is 1. The van der Waals surface area contributed by atoms with Crippen LogP contribution in [0.25, 0.3) is 0 Å². The Kier molecular flexibility index (Phi) is 1.95. The van der Waals surface area contributed by atoms with Gasteiger partial charge in [0, 0.05) is 11.5 Å². The van der Waals surface area contributed by atoms with E-state index in [1.807, 2.05) is 6.92 Å². The average Bonchev–Trinajstić information content (AvgIpc) is 2.43. The van der Waals surface area contributed by atoms with Crippen LogP contribution in [0.3, 0.4) is 0 Å². The zero-order valence-corrected chi connectivity index (χ0v) is 8.13. The lowest BCUT2D eigenvalue weighted by Crippen LogP contribution is -2.05. The van der Waals surface area contributed by atoms with Crippen molar-refractivity contribution in [2.75, 3.05) is 0 Å². The van der Waals surface area contributed by atoms with Crippen LogP contribution in [0.5, 0.6) is 0 Å². The standard InChI is InChI=1S/C12H14O/c1-3-9-5-4-6-10-7-8(2)12(13)11(9)10/h4-6,8H,3,7H2,1-2H3. The van der Waals surface area contributed by atoms with Crippen LogP contribution in [-0.4, -0.2) is 5.78 Å². The molecule has 1 aromatic carbocycles. The largest absolute Gasteiger partial charge is 0.294 e. The number of hydrogen-bond acceptors (Lipinski definition) is 1. The molecule has 0 saturated carbocycles. The molecule has 0 saturated heterocycles. The van der Waals surface area contributed by atoms with Gasteiger partial charge in [-0.3, -0.25) is 4.79 Å². The first-order valence-electron chi connectivity index (χ1n) is 4.89. The van der Waals surface area contributed by atoms with Crippen LogP contribution in [0.1, 0.15) is 35.3 Å². The highest BCUT2D eigenvalue weighted by Gasteiger charge is 2.28. The maximum absolute atomic E-state index is 11.8. The van der Waals surface area contributed by atoms with Gasteiger partial charge >= 0.3 is 0 Å². The van der Waals surface area contributed by atoms with Gasteiger partial charge in [-0.1, -0.05) is 32.0 Å². The summed E-state index contributed by atoms with van der Waals surface area (Å²) >= 11 is 0. The van der Waals surface area contributed by atoms with Crippen LogP contribution in [-0.2, 0) is 12.8 Å². The molecule has 68 valence electrons. The first-order valence-corrected chi connectivity index (χ1v) is 4.89. The minimum atomic E-state index is 0.197. The molecule has 0 aromatic heterocycles. The minimum absolute atomic E-state index is 0.197. The minimum Gasteiger partial charge on any atom is -0.294 e. The number of carbonyl (C=O) groups excluding carboxylic acids is 1. The molecule has 1 aromatic rings. The molecule has 0 radical (unpaired) electrons. The van der Waals surface area contributed by atoms with Crippen LogP contribution >= 0.6 is 0 Å². The van der Waals surface area contributed by atoms with E-state index in [2.05, 4.69) is 25.1 Å². The van der Waals surface area contributed by atoms with E-state index in [0.717, 1.165) is 18.4 Å². The molecule has 0 aliphatic heterocycles. The Labute approximate surface area is 78.8 Å². The van der Waals surface area contributed by atoms with E-state index in [1.54, 1.807) is 0 Å². The zero-order valence-electron chi connectivity index (χ0n) is 8.13. The quantitative estimate of drug-likeness (QED) is 0.639. The normalized spacial score (nSPS) is 20.5. The Morgan fingerprint density at radius 3 is 2.92 bits per heavy atom. The summed E-state index contributed by atoms with van der Waals surface area (Å²) in [5, 5.41) is 0. The van der Waals surface area contributed by atoms with Gasteiger partial charge in [-0.05, 0) is 24.0 Å². The molecule has 1 nitrogen and oxygen atoms in total. The highest BCUT2D eigenvalue weighted by Crippen LogP contribution is 2.29. The fourth-order valence-corrected chi connectivity index (χ4v) is 2.10. The lowest BCUT2D eigenvalue weighted by molar-refractivity contribution is 0.0945. The van der Waals surface area contributed by atoms with E-state index < -0.39 is 0 Å². The fraction of sp³-hybridized carbons (Fsp3) is 0.417. The summed E-state index contributed by atoms with van der Waals surface area (Å²) < 4.78 is 0. The summed E-state index contributed by atoms with van der Waals surface area (Å²) in [6.07, 6.45) is 1.89. The third-order valence-electron chi connectivity index (χ3n) is 2.84. The number of ketones is 1. The van der Waals surface area contributed by atoms with Crippen molar-refractivity contribution in [3.63, 3.8) is 0 Å². The monoisotopic (exact) mass is 174 g/mol. The molecule has 13 heavy (non-hydrogen) atoms. The SMILES string of the molecule is CCc1cccc2c1C(=O)C(C)C2. The van der Waals surface area contributed by atoms with Gasteiger partial charge < -0.3 is 0 Å². The van der Waals surface area contributed by atoms with E-state index in [1.165, 1.54) is 11.1 Å². The lowest BCUT2D eigenvalue weighted by Gasteiger charge is -2.03. The molecule has 1 unspecified atom stereocenters. The molecular weight excluding hydrogens is 160 g/mol. The summed E-state index contributed by atoms with van der Waals surface area (Å²) in [5.41, 5.74) is 3.47. The Bertz CT molecular complexity index is 352. The second-order valence-electron chi connectivity index (χ2n) is 3.77. The van der Waals surface area contributed by atoms with E-state index in [0.29, 0.717) is 5.78 Å². The van der Waals surface area contributed by atoms with Crippen molar-refractivity contribution in [3.05, 3.63) is 34.9 Å². The second kappa shape index (κ2) is 2.99.